The third-order valence-corrected chi connectivity index (χ3v) is 5.23. The van der Waals surface area contributed by atoms with Crippen LogP contribution in [0.3, 0.4) is 0 Å². The molecule has 2 aromatic carbocycles. The van der Waals surface area contributed by atoms with E-state index in [1.54, 1.807) is 12.5 Å². The van der Waals surface area contributed by atoms with Crippen LogP contribution in [0.15, 0.2) is 85.5 Å². The minimum Gasteiger partial charge on any atom is -0.261 e. The maximum absolute atomic E-state index is 4.25. The van der Waals surface area contributed by atoms with Crippen molar-refractivity contribution in [2.75, 3.05) is 0 Å². The molecule has 0 radical (unpaired) electrons. The standard InChI is InChI=1S/C13H14.C9H13N.C8H12N2/c1-10(2)12-9-5-7-11-6-3-4-8-13(11)12;1-9(2,3)8-6-4-5-7-10-8;1-8(2,3)7-4-5-9-6-10-7/h3-10H,1-2H3;4-7H,1-3H3;4-6H,1-3H3. The summed E-state index contributed by atoms with van der Waals surface area (Å²) in [4.78, 5) is 12.2. The first-order valence-corrected chi connectivity index (χ1v) is 11.7. The highest BCUT2D eigenvalue weighted by Crippen LogP contribution is 2.24. The van der Waals surface area contributed by atoms with E-state index in [4.69, 9.17) is 0 Å². The van der Waals surface area contributed by atoms with Crippen molar-refractivity contribution in [3.63, 3.8) is 0 Å². The minimum absolute atomic E-state index is 0.142. The summed E-state index contributed by atoms with van der Waals surface area (Å²) in [6.45, 7) is 17.4. The van der Waals surface area contributed by atoms with E-state index in [1.807, 2.05) is 24.4 Å². The quantitative estimate of drug-likeness (QED) is 0.299. The molecule has 0 unspecified atom stereocenters. The highest BCUT2D eigenvalue weighted by atomic mass is 14.8. The Bertz CT molecular complexity index is 1040. The summed E-state index contributed by atoms with van der Waals surface area (Å²) < 4.78 is 0. The van der Waals surface area contributed by atoms with E-state index in [2.05, 4.69) is 119 Å². The minimum atomic E-state index is 0.142. The van der Waals surface area contributed by atoms with Gasteiger partial charge in [-0.25, -0.2) is 9.97 Å². The van der Waals surface area contributed by atoms with Crippen molar-refractivity contribution < 1.29 is 0 Å². The van der Waals surface area contributed by atoms with Crippen molar-refractivity contribution >= 4 is 10.8 Å². The van der Waals surface area contributed by atoms with Crippen LogP contribution in [-0.4, -0.2) is 15.0 Å². The van der Waals surface area contributed by atoms with Gasteiger partial charge < -0.3 is 0 Å². The number of nitrogens with zero attached hydrogens (tertiary/aromatic N) is 3. The lowest BCUT2D eigenvalue weighted by molar-refractivity contribution is 0.567. The topological polar surface area (TPSA) is 38.7 Å². The lowest BCUT2D eigenvalue weighted by Crippen LogP contribution is -2.12. The first-order chi connectivity index (χ1) is 15.5. The van der Waals surface area contributed by atoms with Crippen LogP contribution in [0.2, 0.25) is 0 Å². The van der Waals surface area contributed by atoms with Crippen molar-refractivity contribution in [1.29, 1.82) is 0 Å². The second kappa shape index (κ2) is 11.7. The third kappa shape index (κ3) is 8.42. The Labute approximate surface area is 200 Å². The summed E-state index contributed by atoms with van der Waals surface area (Å²) in [5, 5.41) is 2.73. The van der Waals surface area contributed by atoms with Gasteiger partial charge in [0, 0.05) is 34.6 Å². The summed E-state index contributed by atoms with van der Waals surface area (Å²) >= 11 is 0. The number of pyridine rings is 1. The third-order valence-electron chi connectivity index (χ3n) is 5.23. The summed E-state index contributed by atoms with van der Waals surface area (Å²) in [5.74, 6) is 0.603. The van der Waals surface area contributed by atoms with Crippen LogP contribution in [0.1, 0.15) is 78.3 Å². The number of hydrogen-bond acceptors (Lipinski definition) is 3. The van der Waals surface area contributed by atoms with Gasteiger partial charge in [-0.15, -0.1) is 0 Å². The van der Waals surface area contributed by atoms with Gasteiger partial charge in [0.25, 0.3) is 0 Å². The van der Waals surface area contributed by atoms with Crippen LogP contribution in [0.25, 0.3) is 10.8 Å². The molecule has 3 nitrogen and oxygen atoms in total. The van der Waals surface area contributed by atoms with Gasteiger partial charge in [-0.05, 0) is 40.5 Å². The number of fused-ring (bicyclic) bond motifs is 1. The van der Waals surface area contributed by atoms with Gasteiger partial charge in [0.05, 0.1) is 0 Å². The summed E-state index contributed by atoms with van der Waals surface area (Å²) in [5.41, 5.74) is 4.00. The van der Waals surface area contributed by atoms with E-state index in [1.165, 1.54) is 16.3 Å². The highest BCUT2D eigenvalue weighted by molar-refractivity contribution is 5.86. The molecule has 4 rings (SSSR count). The Morgan fingerprint density at radius 1 is 0.606 bits per heavy atom. The Morgan fingerprint density at radius 2 is 1.21 bits per heavy atom. The maximum Gasteiger partial charge on any atom is 0.115 e. The fraction of sp³-hybridized carbons (Fsp3) is 0.367. The number of benzene rings is 2. The molecule has 0 saturated heterocycles. The molecule has 2 aromatic heterocycles. The van der Waals surface area contributed by atoms with E-state index in [-0.39, 0.29) is 10.8 Å². The van der Waals surface area contributed by atoms with Gasteiger partial charge in [-0.2, -0.15) is 0 Å². The zero-order valence-electron chi connectivity index (χ0n) is 21.5. The Hall–Kier alpha value is -3.07. The second-order valence-corrected chi connectivity index (χ2v) is 10.5. The molecule has 33 heavy (non-hydrogen) atoms. The summed E-state index contributed by atoms with van der Waals surface area (Å²) in [7, 11) is 0. The van der Waals surface area contributed by atoms with E-state index < -0.39 is 0 Å². The van der Waals surface area contributed by atoms with Crippen LogP contribution in [0.5, 0.6) is 0 Å². The van der Waals surface area contributed by atoms with Crippen molar-refractivity contribution in [2.45, 2.75) is 72.1 Å². The Morgan fingerprint density at radius 3 is 1.70 bits per heavy atom. The molecule has 0 aliphatic rings. The van der Waals surface area contributed by atoms with Crippen molar-refractivity contribution in [3.8, 4) is 0 Å². The van der Waals surface area contributed by atoms with Crippen LogP contribution in [0, 0.1) is 0 Å². The maximum atomic E-state index is 4.25. The molecule has 0 aliphatic carbocycles. The average Bonchev–Trinajstić information content (AvgIpc) is 2.79. The zero-order chi connectivity index (χ0) is 24.5. The lowest BCUT2D eigenvalue weighted by atomic mass is 9.92. The van der Waals surface area contributed by atoms with Crippen LogP contribution in [0.4, 0.5) is 0 Å². The normalized spacial score (nSPS) is 11.3. The van der Waals surface area contributed by atoms with E-state index in [9.17, 15) is 0 Å². The molecule has 0 atom stereocenters. The first kappa shape index (κ1) is 26.2. The molecule has 0 bridgehead atoms. The molecule has 0 N–H and O–H groups in total. The average molecular weight is 442 g/mol. The molecule has 0 fully saturated rings. The van der Waals surface area contributed by atoms with Crippen molar-refractivity contribution in [1.82, 2.24) is 15.0 Å². The molecular weight excluding hydrogens is 402 g/mol. The number of aromatic nitrogens is 3. The predicted octanol–water partition coefficient (Wildman–Crippen LogP) is 8.12. The molecular formula is C30H39N3. The fourth-order valence-corrected chi connectivity index (χ4v) is 3.29. The van der Waals surface area contributed by atoms with Crippen molar-refractivity contribution in [3.05, 3.63) is 102 Å². The van der Waals surface area contributed by atoms with Gasteiger partial charge in [0.15, 0.2) is 0 Å². The lowest BCUT2D eigenvalue weighted by Gasteiger charge is -2.16. The molecule has 2 heterocycles. The molecule has 3 heteroatoms. The molecule has 0 saturated carbocycles. The molecule has 0 amide bonds. The Balaban J connectivity index is 0.000000178. The molecule has 0 aliphatic heterocycles. The molecule has 4 aromatic rings. The van der Waals surface area contributed by atoms with Crippen LogP contribution in [-0.2, 0) is 10.8 Å². The zero-order valence-corrected chi connectivity index (χ0v) is 21.5. The van der Waals surface area contributed by atoms with Gasteiger partial charge >= 0.3 is 0 Å². The van der Waals surface area contributed by atoms with Gasteiger partial charge in [-0.3, -0.25) is 4.98 Å². The van der Waals surface area contributed by atoms with Crippen LogP contribution >= 0.6 is 0 Å². The van der Waals surface area contributed by atoms with E-state index in [0.29, 0.717) is 5.92 Å². The first-order valence-electron chi connectivity index (χ1n) is 11.7. The second-order valence-electron chi connectivity index (χ2n) is 10.5. The largest absolute Gasteiger partial charge is 0.261 e. The monoisotopic (exact) mass is 441 g/mol. The number of rotatable bonds is 1. The van der Waals surface area contributed by atoms with E-state index >= 15 is 0 Å². The smallest absolute Gasteiger partial charge is 0.115 e. The van der Waals surface area contributed by atoms with Gasteiger partial charge in [-0.1, -0.05) is 104 Å². The SMILES string of the molecule is CC(C)(C)c1ccccn1.CC(C)(C)c1ccncn1.CC(C)c1cccc2ccccc12. The predicted molar refractivity (Wildman–Crippen MR) is 142 cm³/mol. The van der Waals surface area contributed by atoms with Crippen molar-refractivity contribution in [2.24, 2.45) is 0 Å². The molecule has 174 valence electrons. The molecule has 0 spiro atoms. The summed E-state index contributed by atoms with van der Waals surface area (Å²) in [6.07, 6.45) is 5.19. The highest BCUT2D eigenvalue weighted by Gasteiger charge is 2.14. The summed E-state index contributed by atoms with van der Waals surface area (Å²) in [6, 6.07) is 23.0. The van der Waals surface area contributed by atoms with Crippen LogP contribution < -0.4 is 0 Å². The number of hydrogen-bond donors (Lipinski definition) is 0. The van der Waals surface area contributed by atoms with E-state index in [0.717, 1.165) is 11.4 Å². The Kier molecular flexibility index (Phi) is 9.28. The van der Waals surface area contributed by atoms with Gasteiger partial charge in [0.1, 0.15) is 6.33 Å². The van der Waals surface area contributed by atoms with Gasteiger partial charge in [0.2, 0.25) is 0 Å². The fourth-order valence-electron chi connectivity index (χ4n) is 3.29.